The first-order valence-corrected chi connectivity index (χ1v) is 8.79. The van der Waals surface area contributed by atoms with Crippen LogP contribution in [0.1, 0.15) is 5.56 Å². The number of aliphatic hydroxyl groups excluding tert-OH is 4. The van der Waals surface area contributed by atoms with Gasteiger partial charge in [0.05, 0.1) is 6.61 Å². The number of Topliss-reactive ketones (excluding diaryl/α,β-unsaturated/α-hetero) is 1. The zero-order chi connectivity index (χ0) is 21.2. The molecular weight excluding hydrogens is 382 g/mol. The van der Waals surface area contributed by atoms with E-state index < -0.39 is 43.4 Å². The van der Waals surface area contributed by atoms with E-state index in [2.05, 4.69) is 5.32 Å². The summed E-state index contributed by atoms with van der Waals surface area (Å²) in [5.41, 5.74) is 1.30. The quantitative estimate of drug-likeness (QED) is 0.383. The number of hydrogen-bond donors (Lipinski definition) is 5. The maximum Gasteiger partial charge on any atom is 0.411 e. The molecule has 0 heterocycles. The molecule has 0 aliphatic heterocycles. The third kappa shape index (κ3) is 7.16. The lowest BCUT2D eigenvalue weighted by atomic mass is 10.1. The van der Waals surface area contributed by atoms with Crippen LogP contribution in [0.2, 0.25) is 0 Å². The molecule has 0 spiro atoms. The SMILES string of the molecule is O=C(Nc1ccc(OCC(=O)[C@H](O)[C@H](O)[C@@H](O)CO)cc1)OCc1ccccc1. The van der Waals surface area contributed by atoms with Crippen molar-refractivity contribution in [1.29, 1.82) is 0 Å². The Kier molecular flexibility index (Phi) is 8.56. The Morgan fingerprint density at radius 1 is 0.966 bits per heavy atom. The molecule has 0 unspecified atom stereocenters. The van der Waals surface area contributed by atoms with E-state index in [1.54, 1.807) is 0 Å². The minimum Gasteiger partial charge on any atom is -0.486 e. The number of nitrogens with one attached hydrogen (secondary N) is 1. The zero-order valence-corrected chi connectivity index (χ0v) is 15.5. The van der Waals surface area contributed by atoms with Crippen LogP contribution < -0.4 is 10.1 Å². The predicted octanol–water partition coefficient (Wildman–Crippen LogP) is 0.458. The number of carbonyl (C=O) groups excluding carboxylic acids is 2. The summed E-state index contributed by atoms with van der Waals surface area (Å²) in [4.78, 5) is 23.6. The fourth-order valence-electron chi connectivity index (χ4n) is 2.26. The standard InChI is InChI=1S/C20H23NO8/c22-10-16(23)18(25)19(26)17(24)12-28-15-8-6-14(7-9-15)21-20(27)29-11-13-4-2-1-3-5-13/h1-9,16,18-19,22-23,25-26H,10-12H2,(H,21,27)/t16-,18+,19-/m0/s1. The Morgan fingerprint density at radius 3 is 2.24 bits per heavy atom. The second-order valence-electron chi connectivity index (χ2n) is 6.15. The molecule has 2 aromatic carbocycles. The molecule has 9 heteroatoms. The van der Waals surface area contributed by atoms with Gasteiger partial charge in [0.2, 0.25) is 5.78 Å². The summed E-state index contributed by atoms with van der Waals surface area (Å²) in [7, 11) is 0. The first-order valence-electron chi connectivity index (χ1n) is 8.79. The number of aliphatic hydroxyl groups is 4. The maximum atomic E-state index is 11.8. The van der Waals surface area contributed by atoms with Gasteiger partial charge in [0, 0.05) is 5.69 Å². The van der Waals surface area contributed by atoms with Crippen molar-refractivity contribution in [3.63, 3.8) is 0 Å². The lowest BCUT2D eigenvalue weighted by Crippen LogP contribution is -2.45. The highest BCUT2D eigenvalue weighted by molar-refractivity contribution is 5.85. The largest absolute Gasteiger partial charge is 0.486 e. The highest BCUT2D eigenvalue weighted by Crippen LogP contribution is 2.16. The molecular formula is C20H23NO8. The van der Waals surface area contributed by atoms with Crippen molar-refractivity contribution in [1.82, 2.24) is 0 Å². The molecule has 2 rings (SSSR count). The number of ether oxygens (including phenoxy) is 2. The van der Waals surface area contributed by atoms with Crippen LogP contribution in [0, 0.1) is 0 Å². The second kappa shape index (κ2) is 11.1. The normalized spacial score (nSPS) is 13.8. The van der Waals surface area contributed by atoms with E-state index in [4.69, 9.17) is 14.6 Å². The van der Waals surface area contributed by atoms with Gasteiger partial charge in [-0.1, -0.05) is 30.3 Å². The number of benzene rings is 2. The fraction of sp³-hybridized carbons (Fsp3) is 0.300. The molecule has 29 heavy (non-hydrogen) atoms. The molecule has 0 saturated heterocycles. The fourth-order valence-corrected chi connectivity index (χ4v) is 2.26. The molecule has 3 atom stereocenters. The van der Waals surface area contributed by atoms with Gasteiger partial charge in [-0.2, -0.15) is 0 Å². The molecule has 0 fully saturated rings. The van der Waals surface area contributed by atoms with Crippen molar-refractivity contribution in [2.45, 2.75) is 24.9 Å². The summed E-state index contributed by atoms with van der Waals surface area (Å²) in [6.07, 6.45) is -5.97. The van der Waals surface area contributed by atoms with Crippen LogP contribution in [0.25, 0.3) is 0 Å². The summed E-state index contributed by atoms with van der Waals surface area (Å²) in [5, 5.41) is 39.6. The van der Waals surface area contributed by atoms with Gasteiger partial charge in [0.25, 0.3) is 0 Å². The lowest BCUT2D eigenvalue weighted by molar-refractivity contribution is -0.142. The Morgan fingerprint density at radius 2 is 1.62 bits per heavy atom. The number of anilines is 1. The molecule has 0 aromatic heterocycles. The molecule has 156 valence electrons. The minimum absolute atomic E-state index is 0.134. The number of ketones is 1. The van der Waals surface area contributed by atoms with Gasteiger partial charge in [-0.3, -0.25) is 10.1 Å². The molecule has 5 N–H and O–H groups in total. The van der Waals surface area contributed by atoms with Crippen LogP contribution in [-0.4, -0.2) is 63.8 Å². The Hall–Kier alpha value is -2.98. The van der Waals surface area contributed by atoms with Crippen molar-refractivity contribution in [2.24, 2.45) is 0 Å². The van der Waals surface area contributed by atoms with Gasteiger partial charge in [0.1, 0.15) is 37.3 Å². The Bertz CT molecular complexity index is 781. The molecule has 9 nitrogen and oxygen atoms in total. The second-order valence-corrected chi connectivity index (χ2v) is 6.15. The van der Waals surface area contributed by atoms with Gasteiger partial charge in [-0.05, 0) is 29.8 Å². The van der Waals surface area contributed by atoms with Crippen LogP contribution in [0.15, 0.2) is 54.6 Å². The Labute approximate surface area is 167 Å². The van der Waals surface area contributed by atoms with Crippen LogP contribution in [-0.2, 0) is 16.1 Å². The summed E-state index contributed by atoms with van der Waals surface area (Å²) < 4.78 is 10.3. The van der Waals surface area contributed by atoms with E-state index in [-0.39, 0.29) is 12.4 Å². The highest BCUT2D eigenvalue weighted by Gasteiger charge is 2.29. The third-order valence-corrected chi connectivity index (χ3v) is 3.93. The third-order valence-electron chi connectivity index (χ3n) is 3.93. The van der Waals surface area contributed by atoms with Crippen molar-refractivity contribution in [3.8, 4) is 5.75 Å². The van der Waals surface area contributed by atoms with E-state index in [9.17, 15) is 24.9 Å². The zero-order valence-electron chi connectivity index (χ0n) is 15.5. The molecule has 2 aromatic rings. The van der Waals surface area contributed by atoms with Crippen LogP contribution in [0.3, 0.4) is 0 Å². The van der Waals surface area contributed by atoms with Crippen LogP contribution in [0.4, 0.5) is 10.5 Å². The molecule has 0 radical (unpaired) electrons. The molecule has 0 saturated carbocycles. The van der Waals surface area contributed by atoms with Crippen molar-refractivity contribution < 1.29 is 39.5 Å². The monoisotopic (exact) mass is 405 g/mol. The lowest BCUT2D eigenvalue weighted by Gasteiger charge is -2.20. The maximum absolute atomic E-state index is 11.8. The van der Waals surface area contributed by atoms with Crippen molar-refractivity contribution in [2.75, 3.05) is 18.5 Å². The number of amides is 1. The van der Waals surface area contributed by atoms with Gasteiger partial charge in [-0.25, -0.2) is 4.79 Å². The van der Waals surface area contributed by atoms with E-state index in [1.807, 2.05) is 30.3 Å². The summed E-state index contributed by atoms with van der Waals surface area (Å²) in [5.74, 6) is -0.581. The molecule has 0 bridgehead atoms. The smallest absolute Gasteiger partial charge is 0.411 e. The average molecular weight is 405 g/mol. The molecule has 0 aliphatic carbocycles. The summed E-state index contributed by atoms with van der Waals surface area (Å²) >= 11 is 0. The number of hydrogen-bond acceptors (Lipinski definition) is 8. The topological polar surface area (TPSA) is 146 Å². The van der Waals surface area contributed by atoms with Crippen LogP contribution >= 0.6 is 0 Å². The van der Waals surface area contributed by atoms with E-state index in [0.717, 1.165) is 5.56 Å². The van der Waals surface area contributed by atoms with Crippen LogP contribution in [0.5, 0.6) is 5.75 Å². The predicted molar refractivity (Wildman–Crippen MR) is 102 cm³/mol. The van der Waals surface area contributed by atoms with E-state index in [0.29, 0.717) is 5.69 Å². The number of carbonyl (C=O) groups is 2. The average Bonchev–Trinajstić information content (AvgIpc) is 2.76. The number of rotatable bonds is 10. The first-order chi connectivity index (χ1) is 13.9. The van der Waals surface area contributed by atoms with Gasteiger partial charge in [0.15, 0.2) is 0 Å². The van der Waals surface area contributed by atoms with Gasteiger partial charge < -0.3 is 29.9 Å². The van der Waals surface area contributed by atoms with Crippen molar-refractivity contribution >= 4 is 17.6 Å². The summed E-state index contributed by atoms with van der Waals surface area (Å²) in [6, 6.07) is 15.3. The Balaban J connectivity index is 1.78. The van der Waals surface area contributed by atoms with Gasteiger partial charge >= 0.3 is 6.09 Å². The summed E-state index contributed by atoms with van der Waals surface area (Å²) in [6.45, 7) is -1.22. The minimum atomic E-state index is -1.89. The first kappa shape index (κ1) is 22.3. The van der Waals surface area contributed by atoms with Crippen molar-refractivity contribution in [3.05, 3.63) is 60.2 Å². The molecule has 1 amide bonds. The molecule has 0 aliphatic rings. The van der Waals surface area contributed by atoms with E-state index >= 15 is 0 Å². The highest BCUT2D eigenvalue weighted by atomic mass is 16.5. The van der Waals surface area contributed by atoms with E-state index in [1.165, 1.54) is 24.3 Å². The van der Waals surface area contributed by atoms with Gasteiger partial charge in [-0.15, -0.1) is 0 Å².